The van der Waals surface area contributed by atoms with E-state index in [1.54, 1.807) is 0 Å². The first-order chi connectivity index (χ1) is 8.49. The molecule has 1 aliphatic carbocycles. The molecule has 0 amide bonds. The lowest BCUT2D eigenvalue weighted by Gasteiger charge is -2.16. The van der Waals surface area contributed by atoms with Gasteiger partial charge in [-0.3, -0.25) is 0 Å². The van der Waals surface area contributed by atoms with Gasteiger partial charge in [0.2, 0.25) is 0 Å². The van der Waals surface area contributed by atoms with E-state index >= 15 is 0 Å². The highest BCUT2D eigenvalue weighted by Crippen LogP contribution is 2.46. The van der Waals surface area contributed by atoms with E-state index in [4.69, 9.17) is 9.47 Å². The Labute approximate surface area is 108 Å². The molecule has 3 atom stereocenters. The standard InChI is InChI=1S/C15H20O3/c1-9-5-4-6-15(3)13(18-15)8-11-10(2)14(16)17-12(11)7-9/h5,12-13H,4,6-8H2,1-3H3/t12-,13+,15-/m1/s1. The Kier molecular flexibility index (Phi) is 2.63. The quantitative estimate of drug-likeness (QED) is 0.376. The van der Waals surface area contributed by atoms with Crippen LogP contribution in [0.4, 0.5) is 0 Å². The number of rotatable bonds is 0. The summed E-state index contributed by atoms with van der Waals surface area (Å²) in [5.74, 6) is -0.149. The normalized spacial score (nSPS) is 39.7. The maximum absolute atomic E-state index is 11.7. The van der Waals surface area contributed by atoms with Crippen molar-refractivity contribution in [2.24, 2.45) is 0 Å². The molecule has 3 aliphatic rings. The van der Waals surface area contributed by atoms with Gasteiger partial charge in [-0.15, -0.1) is 0 Å². The Morgan fingerprint density at radius 1 is 1.33 bits per heavy atom. The van der Waals surface area contributed by atoms with Crippen molar-refractivity contribution in [2.75, 3.05) is 0 Å². The largest absolute Gasteiger partial charge is 0.454 e. The predicted molar refractivity (Wildman–Crippen MR) is 68.1 cm³/mol. The van der Waals surface area contributed by atoms with Gasteiger partial charge in [0.1, 0.15) is 6.10 Å². The first-order valence-electron chi connectivity index (χ1n) is 6.74. The molecule has 0 unspecified atom stereocenters. The molecule has 0 spiro atoms. The van der Waals surface area contributed by atoms with Crippen molar-refractivity contribution in [3.05, 3.63) is 22.8 Å². The SMILES string of the molecule is CC1=CCC[C@@]2(C)O[C@H]2CC2=C(C)C(=O)O[C@@H]2C1. The Bertz CT molecular complexity index is 460. The molecule has 3 nitrogen and oxygen atoms in total. The number of carbonyl (C=O) groups excluding carboxylic acids is 1. The molecule has 1 saturated heterocycles. The summed E-state index contributed by atoms with van der Waals surface area (Å²) in [6.45, 7) is 6.17. The zero-order chi connectivity index (χ0) is 12.9. The third-order valence-electron chi connectivity index (χ3n) is 4.51. The topological polar surface area (TPSA) is 38.8 Å². The van der Waals surface area contributed by atoms with E-state index in [1.807, 2.05) is 6.92 Å². The van der Waals surface area contributed by atoms with Crippen molar-refractivity contribution in [3.8, 4) is 0 Å². The van der Waals surface area contributed by atoms with Gasteiger partial charge in [-0.1, -0.05) is 11.6 Å². The van der Waals surface area contributed by atoms with Crippen LogP contribution in [0, 0.1) is 0 Å². The number of carbonyl (C=O) groups is 1. The lowest BCUT2D eigenvalue weighted by Crippen LogP contribution is -2.17. The van der Waals surface area contributed by atoms with Crippen LogP contribution < -0.4 is 0 Å². The molecule has 2 aliphatic heterocycles. The molecule has 0 aromatic carbocycles. The summed E-state index contributed by atoms with van der Waals surface area (Å²) < 4.78 is 11.3. The maximum atomic E-state index is 11.7. The summed E-state index contributed by atoms with van der Waals surface area (Å²) in [6, 6.07) is 0. The lowest BCUT2D eigenvalue weighted by atomic mass is 9.89. The van der Waals surface area contributed by atoms with Crippen molar-refractivity contribution < 1.29 is 14.3 Å². The maximum Gasteiger partial charge on any atom is 0.334 e. The van der Waals surface area contributed by atoms with Gasteiger partial charge in [-0.05, 0) is 39.2 Å². The molecule has 98 valence electrons. The number of esters is 1. The summed E-state index contributed by atoms with van der Waals surface area (Å²) in [5, 5.41) is 0. The fraction of sp³-hybridized carbons (Fsp3) is 0.667. The van der Waals surface area contributed by atoms with Gasteiger partial charge in [0.25, 0.3) is 0 Å². The van der Waals surface area contributed by atoms with E-state index in [-0.39, 0.29) is 23.8 Å². The van der Waals surface area contributed by atoms with Crippen molar-refractivity contribution in [1.82, 2.24) is 0 Å². The predicted octanol–water partition coefficient (Wildman–Crippen LogP) is 2.91. The van der Waals surface area contributed by atoms with Crippen LogP contribution in [0.2, 0.25) is 0 Å². The van der Waals surface area contributed by atoms with E-state index in [0.717, 1.165) is 36.8 Å². The molecule has 0 aromatic rings. The van der Waals surface area contributed by atoms with Gasteiger partial charge in [0.05, 0.1) is 11.7 Å². The molecule has 0 saturated carbocycles. The Morgan fingerprint density at radius 3 is 2.89 bits per heavy atom. The average molecular weight is 248 g/mol. The Morgan fingerprint density at radius 2 is 2.11 bits per heavy atom. The highest BCUT2D eigenvalue weighted by molar-refractivity contribution is 5.91. The summed E-state index contributed by atoms with van der Waals surface area (Å²) in [6.07, 6.45) is 6.28. The van der Waals surface area contributed by atoms with Crippen molar-refractivity contribution in [3.63, 3.8) is 0 Å². The number of hydrogen-bond donors (Lipinski definition) is 0. The van der Waals surface area contributed by atoms with E-state index < -0.39 is 0 Å². The Hall–Kier alpha value is -1.09. The number of allylic oxidation sites excluding steroid dienone is 1. The highest BCUT2D eigenvalue weighted by Gasteiger charge is 2.52. The van der Waals surface area contributed by atoms with Crippen LogP contribution in [0.15, 0.2) is 22.8 Å². The number of fused-ring (bicyclic) bond motifs is 2. The second-order valence-electron chi connectivity index (χ2n) is 5.96. The fourth-order valence-electron chi connectivity index (χ4n) is 3.06. The molecule has 3 heteroatoms. The summed E-state index contributed by atoms with van der Waals surface area (Å²) >= 11 is 0. The zero-order valence-electron chi connectivity index (χ0n) is 11.3. The minimum atomic E-state index is -0.149. The van der Waals surface area contributed by atoms with Gasteiger partial charge < -0.3 is 9.47 Å². The minimum Gasteiger partial charge on any atom is -0.454 e. The van der Waals surface area contributed by atoms with Gasteiger partial charge in [-0.2, -0.15) is 0 Å². The van der Waals surface area contributed by atoms with Crippen LogP contribution in [0.3, 0.4) is 0 Å². The Balaban J connectivity index is 1.91. The van der Waals surface area contributed by atoms with Crippen LogP contribution in [0.1, 0.15) is 46.5 Å². The first kappa shape index (κ1) is 12.0. The van der Waals surface area contributed by atoms with E-state index in [1.165, 1.54) is 5.57 Å². The molecule has 0 aromatic heterocycles. The molecule has 18 heavy (non-hydrogen) atoms. The van der Waals surface area contributed by atoms with Gasteiger partial charge in [-0.25, -0.2) is 4.79 Å². The van der Waals surface area contributed by atoms with Gasteiger partial charge in [0, 0.05) is 18.4 Å². The number of hydrogen-bond acceptors (Lipinski definition) is 3. The fourth-order valence-corrected chi connectivity index (χ4v) is 3.06. The monoisotopic (exact) mass is 248 g/mol. The summed E-state index contributed by atoms with van der Waals surface area (Å²) in [4.78, 5) is 11.7. The van der Waals surface area contributed by atoms with Gasteiger partial charge >= 0.3 is 5.97 Å². The van der Waals surface area contributed by atoms with Crippen LogP contribution in [-0.2, 0) is 14.3 Å². The van der Waals surface area contributed by atoms with Crippen LogP contribution in [0.25, 0.3) is 0 Å². The minimum absolute atomic E-state index is 0.0115. The number of epoxide rings is 1. The molecular weight excluding hydrogens is 228 g/mol. The van der Waals surface area contributed by atoms with Crippen molar-refractivity contribution in [2.45, 2.75) is 64.3 Å². The van der Waals surface area contributed by atoms with E-state index in [0.29, 0.717) is 0 Å². The van der Waals surface area contributed by atoms with Crippen LogP contribution in [0.5, 0.6) is 0 Å². The molecule has 0 N–H and O–H groups in total. The number of ether oxygens (including phenoxy) is 2. The van der Waals surface area contributed by atoms with E-state index in [2.05, 4.69) is 19.9 Å². The van der Waals surface area contributed by atoms with Crippen molar-refractivity contribution in [1.29, 1.82) is 0 Å². The van der Waals surface area contributed by atoms with Crippen LogP contribution in [-0.4, -0.2) is 23.8 Å². The molecule has 0 bridgehead atoms. The third-order valence-corrected chi connectivity index (χ3v) is 4.51. The van der Waals surface area contributed by atoms with Crippen molar-refractivity contribution >= 4 is 5.97 Å². The average Bonchev–Trinajstić information content (AvgIpc) is 2.86. The lowest BCUT2D eigenvalue weighted by molar-refractivity contribution is -0.139. The second-order valence-corrected chi connectivity index (χ2v) is 5.96. The second kappa shape index (κ2) is 3.95. The summed E-state index contributed by atoms with van der Waals surface area (Å²) in [5.41, 5.74) is 3.27. The van der Waals surface area contributed by atoms with E-state index in [9.17, 15) is 4.79 Å². The molecule has 1 fully saturated rings. The first-order valence-corrected chi connectivity index (χ1v) is 6.74. The zero-order valence-corrected chi connectivity index (χ0v) is 11.3. The molecule has 2 heterocycles. The smallest absolute Gasteiger partial charge is 0.334 e. The highest BCUT2D eigenvalue weighted by atomic mass is 16.6. The van der Waals surface area contributed by atoms with Gasteiger partial charge in [0.15, 0.2) is 0 Å². The molecular formula is C15H20O3. The molecule has 0 radical (unpaired) electrons. The summed E-state index contributed by atoms with van der Waals surface area (Å²) in [7, 11) is 0. The van der Waals surface area contributed by atoms with Crippen LogP contribution >= 0.6 is 0 Å². The molecule has 3 rings (SSSR count). The third kappa shape index (κ3) is 1.91.